The number of aliphatic hydroxyl groups is 8. The van der Waals surface area contributed by atoms with Crippen LogP contribution in [0.15, 0.2) is 71.9 Å². The number of cyclic esters (lactones) is 2. The normalized spacial score (nSPS) is 40.1. The molecule has 0 amide bonds. The molecule has 0 aromatic heterocycles. The third-order valence-electron chi connectivity index (χ3n) is 25.6. The van der Waals surface area contributed by atoms with E-state index in [2.05, 4.69) is 0 Å². The van der Waals surface area contributed by atoms with Crippen molar-refractivity contribution in [2.75, 3.05) is 70.1 Å². The van der Waals surface area contributed by atoms with Gasteiger partial charge in [-0.25, -0.2) is 9.59 Å². The van der Waals surface area contributed by atoms with Crippen molar-refractivity contribution >= 4 is 11.9 Å². The molecule has 0 aliphatic carbocycles. The molecule has 7 rings (SSSR count). The predicted octanol–water partition coefficient (Wildman–Crippen LogP) is 9.16. The fourth-order valence-electron chi connectivity index (χ4n) is 18.3. The van der Waals surface area contributed by atoms with Gasteiger partial charge in [0.2, 0.25) is 0 Å². The molecule has 4 saturated heterocycles. The zero-order valence-corrected chi connectivity index (χ0v) is 73.9. The maximum absolute atomic E-state index is 14.3. The quantitative estimate of drug-likeness (QED) is 0.0329. The Labute approximate surface area is 703 Å². The fourth-order valence-corrected chi connectivity index (χ4v) is 18.3. The summed E-state index contributed by atoms with van der Waals surface area (Å²) in [4.78, 5) is 28.7. The molecule has 7 aliphatic rings. The molecule has 28 nitrogen and oxygen atoms in total. The molecular formula is C90H152O28. The Balaban J connectivity index is 1.18. The van der Waals surface area contributed by atoms with Crippen LogP contribution in [0.25, 0.3) is 0 Å². The molecular weight excluding hydrogens is 1530 g/mol. The lowest BCUT2D eigenvalue weighted by atomic mass is 9.79. The second-order valence-electron chi connectivity index (χ2n) is 35.0. The molecule has 36 atom stereocenters. The van der Waals surface area contributed by atoms with Crippen LogP contribution in [0.1, 0.15) is 198 Å². The highest BCUT2D eigenvalue weighted by molar-refractivity contribution is 5.83. The number of esters is 2. The zero-order chi connectivity index (χ0) is 86.4. The van der Waals surface area contributed by atoms with Crippen LogP contribution < -0.4 is 0 Å². The molecule has 28 heteroatoms. The molecule has 4 bridgehead atoms. The number of carbonyl (C=O) groups is 2. The van der Waals surface area contributed by atoms with Gasteiger partial charge in [0.05, 0.1) is 135 Å². The molecule has 680 valence electrons. The number of hydrogen-bond donors (Lipinski definition) is 8. The smallest absolute Gasteiger partial charge is 0.331 e. The van der Waals surface area contributed by atoms with Crippen molar-refractivity contribution in [3.05, 3.63) is 71.9 Å². The van der Waals surface area contributed by atoms with Crippen LogP contribution in [-0.2, 0) is 94.9 Å². The van der Waals surface area contributed by atoms with Crippen LogP contribution in [0.2, 0.25) is 0 Å². The summed E-state index contributed by atoms with van der Waals surface area (Å²) in [5, 5.41) is 94.5. The van der Waals surface area contributed by atoms with Gasteiger partial charge >= 0.3 is 11.9 Å². The Hall–Kier alpha value is -3.58. The highest BCUT2D eigenvalue weighted by Crippen LogP contribution is 2.38. The van der Waals surface area contributed by atoms with E-state index < -0.39 is 170 Å². The first-order valence-electron chi connectivity index (χ1n) is 43.6. The molecule has 7 aliphatic heterocycles. The summed E-state index contributed by atoms with van der Waals surface area (Å²) >= 11 is 0. The number of methoxy groups -OCH3 is 8. The van der Waals surface area contributed by atoms with Gasteiger partial charge in [0.15, 0.2) is 12.6 Å². The summed E-state index contributed by atoms with van der Waals surface area (Å²) in [6.45, 7) is 18.6. The van der Waals surface area contributed by atoms with Crippen LogP contribution in [0.4, 0.5) is 0 Å². The van der Waals surface area contributed by atoms with Gasteiger partial charge < -0.3 is 126 Å². The Bertz CT molecular complexity index is 2850. The van der Waals surface area contributed by atoms with Gasteiger partial charge in [0.1, 0.15) is 48.8 Å². The van der Waals surface area contributed by atoms with Crippen LogP contribution in [-0.4, -0.2) is 306 Å². The largest absolute Gasteiger partial charge is 0.458 e. The predicted molar refractivity (Wildman–Crippen MR) is 441 cm³/mol. The first-order valence-corrected chi connectivity index (χ1v) is 43.6. The molecule has 0 aromatic carbocycles. The molecule has 0 radical (unpaired) electrons. The second-order valence-corrected chi connectivity index (χ2v) is 35.0. The number of hydrogen-bond acceptors (Lipinski definition) is 28. The van der Waals surface area contributed by atoms with Gasteiger partial charge in [-0.2, -0.15) is 0 Å². The topological polar surface area (TPSA) is 362 Å². The lowest BCUT2D eigenvalue weighted by Crippen LogP contribution is -2.56. The van der Waals surface area contributed by atoms with Gasteiger partial charge in [-0.05, 0) is 142 Å². The molecule has 4 fully saturated rings. The van der Waals surface area contributed by atoms with Gasteiger partial charge in [0.25, 0.3) is 0 Å². The molecule has 0 aromatic rings. The lowest BCUT2D eigenvalue weighted by Gasteiger charge is -2.40. The van der Waals surface area contributed by atoms with Crippen LogP contribution in [0, 0.1) is 35.5 Å². The minimum Gasteiger partial charge on any atom is -0.458 e. The Morgan fingerprint density at radius 1 is 0.407 bits per heavy atom. The molecule has 0 unspecified atom stereocenters. The zero-order valence-electron chi connectivity index (χ0n) is 73.9. The first kappa shape index (κ1) is 102. The van der Waals surface area contributed by atoms with Crippen molar-refractivity contribution in [3.8, 4) is 0 Å². The minimum atomic E-state index is -1.21. The van der Waals surface area contributed by atoms with Crippen molar-refractivity contribution in [3.63, 3.8) is 0 Å². The van der Waals surface area contributed by atoms with Crippen LogP contribution in [0.3, 0.4) is 0 Å². The summed E-state index contributed by atoms with van der Waals surface area (Å²) in [7, 11) is 12.5. The van der Waals surface area contributed by atoms with E-state index in [1.807, 2.05) is 91.8 Å². The summed E-state index contributed by atoms with van der Waals surface area (Å²) in [6, 6.07) is 0. The third kappa shape index (κ3) is 32.1. The number of rotatable bonds is 24. The molecule has 7 heterocycles. The summed E-state index contributed by atoms with van der Waals surface area (Å²) in [5.74, 6) is -4.93. The number of ether oxygens (including phenoxy) is 18. The van der Waals surface area contributed by atoms with E-state index in [-0.39, 0.29) is 112 Å². The summed E-state index contributed by atoms with van der Waals surface area (Å²) in [6.07, 6.45) is 6.78. The van der Waals surface area contributed by atoms with Gasteiger partial charge in [0, 0.05) is 118 Å². The van der Waals surface area contributed by atoms with Crippen LogP contribution >= 0.6 is 0 Å². The van der Waals surface area contributed by atoms with E-state index in [1.54, 1.807) is 54.4 Å². The van der Waals surface area contributed by atoms with Crippen molar-refractivity contribution in [2.45, 2.75) is 381 Å². The molecule has 8 N–H and O–H groups in total. The maximum atomic E-state index is 14.3. The number of carbonyl (C=O) groups excluding carboxylic acids is 2. The number of fused-ring (bicyclic) bond motifs is 4. The minimum absolute atomic E-state index is 0.0202. The van der Waals surface area contributed by atoms with E-state index in [1.165, 1.54) is 40.6 Å². The second kappa shape index (κ2) is 51.8. The monoisotopic (exact) mass is 1680 g/mol. The highest BCUT2D eigenvalue weighted by atomic mass is 16.7. The van der Waals surface area contributed by atoms with Gasteiger partial charge in [-0.1, -0.05) is 101 Å². The van der Waals surface area contributed by atoms with Gasteiger partial charge in [-0.15, -0.1) is 0 Å². The third-order valence-corrected chi connectivity index (χ3v) is 25.6. The average molecular weight is 1680 g/mol. The Kier molecular flexibility index (Phi) is 44.5. The number of aliphatic hydroxyl groups excluding tert-OH is 8. The van der Waals surface area contributed by atoms with E-state index in [0.717, 1.165) is 25.7 Å². The number of allylic oxidation sites excluding steroid dienone is 4. The van der Waals surface area contributed by atoms with Crippen molar-refractivity contribution in [1.29, 1.82) is 0 Å². The van der Waals surface area contributed by atoms with Crippen molar-refractivity contribution in [2.24, 2.45) is 35.5 Å². The summed E-state index contributed by atoms with van der Waals surface area (Å²) < 4.78 is 111. The van der Waals surface area contributed by atoms with Crippen molar-refractivity contribution < 1.29 is 136 Å². The van der Waals surface area contributed by atoms with Crippen molar-refractivity contribution in [1.82, 2.24) is 0 Å². The Morgan fingerprint density at radius 2 is 0.763 bits per heavy atom. The fraction of sp³-hybridized carbons (Fsp3) is 0.844. The lowest BCUT2D eigenvalue weighted by molar-refractivity contribution is -0.293. The first-order chi connectivity index (χ1) is 56.3. The van der Waals surface area contributed by atoms with E-state index in [4.69, 9.17) is 85.3 Å². The molecule has 118 heavy (non-hydrogen) atoms. The van der Waals surface area contributed by atoms with E-state index >= 15 is 0 Å². The molecule has 0 saturated carbocycles. The van der Waals surface area contributed by atoms with E-state index in [9.17, 15) is 50.4 Å². The summed E-state index contributed by atoms with van der Waals surface area (Å²) in [5.41, 5.74) is 1.35. The molecule has 0 spiro atoms. The Morgan fingerprint density at radius 3 is 1.11 bits per heavy atom. The SMILES string of the molecule is CO[C@@H]1C[C@@H](O)C[C@@H](O)[C@H](C)[C@@H]([C@@H](C)[C@@H](O)[C@@H](C)CC[C@H]2C[C@H](OC)C[C@H](C)O2)OC(=O)C=CC(C)=CC[C@H](O[C@H]2OC[C@H](O)[C@@H](OC)[C@H]2OC)C[C@@H]2C=CC[C@@H](C[C@H](OC)C[C@@H](O)C[C@@H](O)[C@H](C)[C@@H]([C@@H](C)[C@@H](O)[C@@H](C)CC[C@H]3C[C@H](OC)C[C@H](C)O3)OC(=O)C=CC(C)=CC[C@H](O[C@H]3OC[C@H](O)[C@@H](OC)[C@H]3OC)C[C@@H]3C=CC[C@@H](C1)O3)O2. The van der Waals surface area contributed by atoms with Gasteiger partial charge in [-0.3, -0.25) is 0 Å². The standard InChI is InChI=1S/C90H152O28/c1-51-25-31-69(115-89-87(107-17)85(105-15)77(95)49-109-89)43-63-21-19-23-65(113-63)45-73(103-13)40-62(92)42-76(94)58(8)84(60(10)82(100)54(4)30-34-68-48-72(102-12)38-56(6)112-68)118-80(98)36-28-52(2)26-32-70(116-90-88(108-18)86(106-16)78(96)50-110-90)44-64-22-20-24-66(114-64)46-74(104-14)39-61(91)41-75(93)57(7)83(117-79(97)35-27-51)59(9)81(99)53(3)29-33-67-47-71(101-11)37-55(5)111-67/h19-22,25-28,35-36,53-78,81-96,99-100H,23-24,29-34,37-50H2,1-18H3/t53-,54-,55-,56-,57-,58-,59-,60-,61+,62+,63-,64-,65-,66-,67-,68-,69-,70-,71+,72+,73+,74+,75+,76+,77-,78-,81-,82-,83-,84-,85+,86+,87+,88+,89+,90+/m0/s1. The van der Waals surface area contributed by atoms with E-state index in [0.29, 0.717) is 75.4 Å². The average Bonchev–Trinajstić information content (AvgIpc) is 0.831. The van der Waals surface area contributed by atoms with Crippen LogP contribution in [0.5, 0.6) is 0 Å². The maximum Gasteiger partial charge on any atom is 0.331 e. The highest BCUT2D eigenvalue weighted by Gasteiger charge is 2.46.